The van der Waals surface area contributed by atoms with Crippen LogP contribution in [0.4, 0.5) is 4.79 Å². The van der Waals surface area contributed by atoms with Crippen LogP contribution in [0.1, 0.15) is 36.1 Å². The van der Waals surface area contributed by atoms with E-state index >= 15 is 0 Å². The molecule has 2 aromatic rings. The fourth-order valence-corrected chi connectivity index (χ4v) is 2.35. The largest absolute Gasteiger partial charge is 0.481 e. The number of rotatable bonds is 6. The van der Waals surface area contributed by atoms with Crippen LogP contribution in [-0.2, 0) is 6.54 Å². The minimum atomic E-state index is -0.205. The predicted molar refractivity (Wildman–Crippen MR) is 90.4 cm³/mol. The van der Waals surface area contributed by atoms with E-state index in [1.54, 1.807) is 13.3 Å². The minimum Gasteiger partial charge on any atom is -0.481 e. The smallest absolute Gasteiger partial charge is 0.315 e. The van der Waals surface area contributed by atoms with Gasteiger partial charge in [0.2, 0.25) is 5.88 Å². The van der Waals surface area contributed by atoms with E-state index < -0.39 is 0 Å². The number of amides is 2. The van der Waals surface area contributed by atoms with Gasteiger partial charge < -0.3 is 15.4 Å². The molecule has 5 nitrogen and oxygen atoms in total. The number of nitrogens with one attached hydrogen (secondary N) is 2. The highest BCUT2D eigenvalue weighted by Gasteiger charge is 2.13. The van der Waals surface area contributed by atoms with Crippen molar-refractivity contribution in [3.8, 4) is 5.88 Å². The first-order valence-corrected chi connectivity index (χ1v) is 7.72. The Morgan fingerprint density at radius 3 is 2.65 bits per heavy atom. The number of carbonyl (C=O) groups is 1. The van der Waals surface area contributed by atoms with Crippen molar-refractivity contribution in [1.82, 2.24) is 15.6 Å². The lowest BCUT2D eigenvalue weighted by molar-refractivity contribution is 0.236. The number of carbonyl (C=O) groups excluding carboxylic acids is 1. The zero-order valence-electron chi connectivity index (χ0n) is 13.8. The van der Waals surface area contributed by atoms with Gasteiger partial charge >= 0.3 is 6.03 Å². The molecule has 2 rings (SSSR count). The number of nitrogens with zero attached hydrogens (tertiary/aromatic N) is 1. The highest BCUT2D eigenvalue weighted by Crippen LogP contribution is 2.17. The SMILES string of the molecule is CCC(NC(=O)NCc1cccnc1OC)c1ccc(C)cc1. The van der Waals surface area contributed by atoms with E-state index in [1.807, 2.05) is 31.2 Å². The lowest BCUT2D eigenvalue weighted by Gasteiger charge is -2.18. The predicted octanol–water partition coefficient (Wildman–Crippen LogP) is 3.35. The van der Waals surface area contributed by atoms with Crippen molar-refractivity contribution < 1.29 is 9.53 Å². The normalized spacial score (nSPS) is 11.6. The monoisotopic (exact) mass is 313 g/mol. The number of pyridine rings is 1. The van der Waals surface area contributed by atoms with Crippen molar-refractivity contribution >= 4 is 6.03 Å². The first-order chi connectivity index (χ1) is 11.1. The highest BCUT2D eigenvalue weighted by atomic mass is 16.5. The summed E-state index contributed by atoms with van der Waals surface area (Å²) in [7, 11) is 1.57. The van der Waals surface area contributed by atoms with Gasteiger partial charge in [0.25, 0.3) is 0 Å². The standard InChI is InChI=1S/C18H23N3O2/c1-4-16(14-9-7-13(2)8-10-14)21-18(22)20-12-15-6-5-11-19-17(15)23-3/h5-11,16H,4,12H2,1-3H3,(H2,20,21,22). The van der Waals surface area contributed by atoms with Crippen LogP contribution in [0.3, 0.4) is 0 Å². The number of methoxy groups -OCH3 is 1. The number of urea groups is 1. The number of aromatic nitrogens is 1. The summed E-state index contributed by atoms with van der Waals surface area (Å²) in [5.74, 6) is 0.526. The molecule has 1 unspecified atom stereocenters. The van der Waals surface area contributed by atoms with Crippen LogP contribution in [-0.4, -0.2) is 18.1 Å². The molecule has 1 heterocycles. The number of hydrogen-bond acceptors (Lipinski definition) is 3. The van der Waals surface area contributed by atoms with E-state index in [-0.39, 0.29) is 12.1 Å². The first-order valence-electron chi connectivity index (χ1n) is 7.72. The Hall–Kier alpha value is -2.56. The van der Waals surface area contributed by atoms with Crippen LogP contribution >= 0.6 is 0 Å². The number of aryl methyl sites for hydroxylation is 1. The van der Waals surface area contributed by atoms with Crippen molar-refractivity contribution in [2.24, 2.45) is 0 Å². The molecule has 2 N–H and O–H groups in total. The lowest BCUT2D eigenvalue weighted by Crippen LogP contribution is -2.37. The number of hydrogen-bond donors (Lipinski definition) is 2. The van der Waals surface area contributed by atoms with Crippen LogP contribution in [0.5, 0.6) is 5.88 Å². The molecule has 5 heteroatoms. The second-order valence-corrected chi connectivity index (χ2v) is 5.37. The van der Waals surface area contributed by atoms with Gasteiger partial charge in [-0.05, 0) is 25.0 Å². The molecule has 0 aliphatic carbocycles. The van der Waals surface area contributed by atoms with Gasteiger partial charge in [-0.25, -0.2) is 9.78 Å². The summed E-state index contributed by atoms with van der Waals surface area (Å²) in [6.07, 6.45) is 2.49. The Morgan fingerprint density at radius 1 is 1.26 bits per heavy atom. The van der Waals surface area contributed by atoms with Crippen LogP contribution in [0, 0.1) is 6.92 Å². The third-order valence-electron chi connectivity index (χ3n) is 3.68. The summed E-state index contributed by atoms with van der Waals surface area (Å²) >= 11 is 0. The van der Waals surface area contributed by atoms with Gasteiger partial charge in [-0.3, -0.25) is 0 Å². The van der Waals surface area contributed by atoms with E-state index in [0.29, 0.717) is 12.4 Å². The molecule has 1 atom stereocenters. The van der Waals surface area contributed by atoms with Crippen molar-refractivity contribution in [3.63, 3.8) is 0 Å². The molecule has 0 spiro atoms. The molecule has 0 saturated carbocycles. The van der Waals surface area contributed by atoms with Gasteiger partial charge in [-0.1, -0.05) is 42.8 Å². The molecule has 0 radical (unpaired) electrons. The molecule has 2 amide bonds. The maximum Gasteiger partial charge on any atom is 0.315 e. The molecule has 0 aliphatic rings. The molecule has 0 saturated heterocycles. The maximum absolute atomic E-state index is 12.1. The Morgan fingerprint density at radius 2 is 2.00 bits per heavy atom. The lowest BCUT2D eigenvalue weighted by atomic mass is 10.0. The second-order valence-electron chi connectivity index (χ2n) is 5.37. The average molecular weight is 313 g/mol. The summed E-state index contributed by atoms with van der Waals surface area (Å²) < 4.78 is 5.18. The van der Waals surface area contributed by atoms with Crippen molar-refractivity contribution in [2.45, 2.75) is 32.9 Å². The van der Waals surface area contributed by atoms with Crippen molar-refractivity contribution in [2.75, 3.05) is 7.11 Å². The molecular weight excluding hydrogens is 290 g/mol. The van der Waals surface area contributed by atoms with Crippen LogP contribution in [0.2, 0.25) is 0 Å². The van der Waals surface area contributed by atoms with Crippen molar-refractivity contribution in [1.29, 1.82) is 0 Å². The Bertz CT molecular complexity index is 641. The van der Waals surface area contributed by atoms with E-state index in [9.17, 15) is 4.79 Å². The minimum absolute atomic E-state index is 0.00797. The third-order valence-corrected chi connectivity index (χ3v) is 3.68. The van der Waals surface area contributed by atoms with E-state index in [2.05, 4.69) is 34.7 Å². The van der Waals surface area contributed by atoms with Gasteiger partial charge in [0.1, 0.15) is 0 Å². The molecule has 0 fully saturated rings. The van der Waals surface area contributed by atoms with E-state index in [4.69, 9.17) is 4.74 Å². The fraction of sp³-hybridized carbons (Fsp3) is 0.333. The molecule has 23 heavy (non-hydrogen) atoms. The van der Waals surface area contributed by atoms with Crippen LogP contribution in [0.25, 0.3) is 0 Å². The molecular formula is C18H23N3O2. The van der Waals surface area contributed by atoms with Crippen molar-refractivity contribution in [3.05, 3.63) is 59.3 Å². The molecule has 0 aliphatic heterocycles. The Labute approximate surface area is 137 Å². The number of benzene rings is 1. The maximum atomic E-state index is 12.1. The molecule has 0 bridgehead atoms. The average Bonchev–Trinajstić information content (AvgIpc) is 2.59. The van der Waals surface area contributed by atoms with Gasteiger partial charge in [0, 0.05) is 18.3 Å². The van der Waals surface area contributed by atoms with Gasteiger partial charge in [0.05, 0.1) is 13.2 Å². The van der Waals surface area contributed by atoms with E-state index in [0.717, 1.165) is 17.5 Å². The van der Waals surface area contributed by atoms with E-state index in [1.165, 1.54) is 5.56 Å². The topological polar surface area (TPSA) is 63.2 Å². The zero-order valence-corrected chi connectivity index (χ0v) is 13.8. The third kappa shape index (κ3) is 4.71. The molecule has 1 aromatic heterocycles. The molecule has 122 valence electrons. The second kappa shape index (κ2) is 8.17. The van der Waals surface area contributed by atoms with Crippen LogP contribution in [0.15, 0.2) is 42.6 Å². The molecule has 1 aromatic carbocycles. The fourth-order valence-electron chi connectivity index (χ4n) is 2.35. The first kappa shape index (κ1) is 16.8. The van der Waals surface area contributed by atoms with Gasteiger partial charge in [0.15, 0.2) is 0 Å². The summed E-state index contributed by atoms with van der Waals surface area (Å²) in [4.78, 5) is 16.3. The quantitative estimate of drug-likeness (QED) is 0.859. The summed E-state index contributed by atoms with van der Waals surface area (Å²) in [6, 6.07) is 11.7. The summed E-state index contributed by atoms with van der Waals surface area (Å²) in [6.45, 7) is 4.47. The Balaban J connectivity index is 1.94. The Kier molecular flexibility index (Phi) is 5.97. The summed E-state index contributed by atoms with van der Waals surface area (Å²) in [5, 5.41) is 5.85. The highest BCUT2D eigenvalue weighted by molar-refractivity contribution is 5.74. The zero-order chi connectivity index (χ0) is 16.7. The van der Waals surface area contributed by atoms with Gasteiger partial charge in [-0.15, -0.1) is 0 Å². The number of ether oxygens (including phenoxy) is 1. The summed E-state index contributed by atoms with van der Waals surface area (Å²) in [5.41, 5.74) is 3.15. The van der Waals surface area contributed by atoms with Gasteiger partial charge in [-0.2, -0.15) is 0 Å². The van der Waals surface area contributed by atoms with Crippen LogP contribution < -0.4 is 15.4 Å².